The average molecular weight is 328 g/mol. The number of halogens is 4. The van der Waals surface area contributed by atoms with Gasteiger partial charge in [0.05, 0.1) is 0 Å². The van der Waals surface area contributed by atoms with E-state index >= 15 is 0 Å². The monoisotopic (exact) mass is 327 g/mol. The molecule has 0 fully saturated rings. The SMILES string of the molecule is O=C(CC(Nc1cccc(Cl)c1)C(F)(F)F)c1ccccc1. The van der Waals surface area contributed by atoms with Gasteiger partial charge in [0.15, 0.2) is 5.78 Å². The van der Waals surface area contributed by atoms with Gasteiger partial charge in [-0.3, -0.25) is 4.79 Å². The molecule has 0 aliphatic rings. The van der Waals surface area contributed by atoms with E-state index in [0.29, 0.717) is 5.02 Å². The summed E-state index contributed by atoms with van der Waals surface area (Å²) in [5.74, 6) is -0.572. The molecule has 2 aromatic rings. The van der Waals surface area contributed by atoms with Crippen LogP contribution in [0.15, 0.2) is 54.6 Å². The van der Waals surface area contributed by atoms with E-state index in [0.717, 1.165) is 0 Å². The topological polar surface area (TPSA) is 29.1 Å². The van der Waals surface area contributed by atoms with Crippen LogP contribution in [0.3, 0.4) is 0 Å². The van der Waals surface area contributed by atoms with Gasteiger partial charge in [0.1, 0.15) is 6.04 Å². The fourth-order valence-electron chi connectivity index (χ4n) is 1.96. The van der Waals surface area contributed by atoms with Crippen molar-refractivity contribution in [3.8, 4) is 0 Å². The van der Waals surface area contributed by atoms with Crippen molar-refractivity contribution in [2.75, 3.05) is 5.32 Å². The maximum absolute atomic E-state index is 13.1. The number of rotatable bonds is 5. The number of Topliss-reactive ketones (excluding diaryl/α,β-unsaturated/α-hetero) is 1. The first-order chi connectivity index (χ1) is 10.4. The molecule has 2 nitrogen and oxygen atoms in total. The standard InChI is InChI=1S/C16H13ClF3NO/c17-12-7-4-8-13(9-12)21-15(16(18,19)20)10-14(22)11-5-2-1-3-6-11/h1-9,15,21H,10H2. The zero-order valence-electron chi connectivity index (χ0n) is 11.4. The van der Waals surface area contributed by atoms with Crippen LogP contribution < -0.4 is 5.32 Å². The summed E-state index contributed by atoms with van der Waals surface area (Å²) in [6, 6.07) is 11.9. The molecule has 22 heavy (non-hydrogen) atoms. The summed E-state index contributed by atoms with van der Waals surface area (Å²) in [4.78, 5) is 12.0. The Morgan fingerprint density at radius 3 is 2.36 bits per heavy atom. The molecule has 0 saturated carbocycles. The molecular formula is C16H13ClF3NO. The van der Waals surface area contributed by atoms with Gasteiger partial charge in [0.25, 0.3) is 0 Å². The lowest BCUT2D eigenvalue weighted by Crippen LogP contribution is -2.38. The first-order valence-electron chi connectivity index (χ1n) is 6.53. The Bertz CT molecular complexity index is 643. The molecule has 0 aliphatic carbocycles. The molecule has 2 aromatic carbocycles. The van der Waals surface area contributed by atoms with Crippen molar-refractivity contribution in [1.82, 2.24) is 0 Å². The number of anilines is 1. The normalized spacial score (nSPS) is 12.7. The van der Waals surface area contributed by atoms with Crippen LogP contribution in [0.25, 0.3) is 0 Å². The Balaban J connectivity index is 2.15. The first-order valence-corrected chi connectivity index (χ1v) is 6.91. The second kappa shape index (κ2) is 6.83. The molecule has 0 aliphatic heterocycles. The molecule has 116 valence electrons. The van der Waals surface area contributed by atoms with Crippen LogP contribution in [-0.2, 0) is 0 Å². The molecule has 0 heterocycles. The molecule has 0 amide bonds. The number of alkyl halides is 3. The number of hydrogen-bond acceptors (Lipinski definition) is 2. The van der Waals surface area contributed by atoms with Gasteiger partial charge in [0, 0.05) is 22.7 Å². The second-order valence-electron chi connectivity index (χ2n) is 4.74. The largest absolute Gasteiger partial charge is 0.408 e. The van der Waals surface area contributed by atoms with Gasteiger partial charge in [-0.15, -0.1) is 0 Å². The first kappa shape index (κ1) is 16.4. The fraction of sp³-hybridized carbons (Fsp3) is 0.188. The Labute approximate surface area is 130 Å². The van der Waals surface area contributed by atoms with Gasteiger partial charge in [-0.2, -0.15) is 13.2 Å². The third kappa shape index (κ3) is 4.49. The van der Waals surface area contributed by atoms with Crippen LogP contribution in [0.5, 0.6) is 0 Å². The Hall–Kier alpha value is -2.01. The van der Waals surface area contributed by atoms with Crippen molar-refractivity contribution >= 4 is 23.1 Å². The summed E-state index contributed by atoms with van der Waals surface area (Å²) in [6.45, 7) is 0. The van der Waals surface area contributed by atoms with E-state index in [1.54, 1.807) is 24.3 Å². The van der Waals surface area contributed by atoms with E-state index in [1.165, 1.54) is 30.3 Å². The van der Waals surface area contributed by atoms with Gasteiger partial charge in [0.2, 0.25) is 0 Å². The lowest BCUT2D eigenvalue weighted by molar-refractivity contribution is -0.141. The number of benzene rings is 2. The number of ketones is 1. The van der Waals surface area contributed by atoms with Gasteiger partial charge in [-0.05, 0) is 18.2 Å². The molecule has 1 unspecified atom stereocenters. The highest BCUT2D eigenvalue weighted by Crippen LogP contribution is 2.28. The number of carbonyl (C=O) groups excluding carboxylic acids is 1. The van der Waals surface area contributed by atoms with Crippen LogP contribution in [0.1, 0.15) is 16.8 Å². The maximum atomic E-state index is 13.1. The summed E-state index contributed by atoms with van der Waals surface area (Å²) in [5, 5.41) is 2.65. The maximum Gasteiger partial charge on any atom is 0.408 e. The molecule has 6 heteroatoms. The van der Waals surface area contributed by atoms with Crippen LogP contribution >= 0.6 is 11.6 Å². The van der Waals surface area contributed by atoms with Gasteiger partial charge >= 0.3 is 6.18 Å². The highest BCUT2D eigenvalue weighted by molar-refractivity contribution is 6.30. The molecule has 1 N–H and O–H groups in total. The van der Waals surface area contributed by atoms with Crippen molar-refractivity contribution in [1.29, 1.82) is 0 Å². The Kier molecular flexibility index (Phi) is 5.08. The lowest BCUT2D eigenvalue weighted by Gasteiger charge is -2.22. The minimum absolute atomic E-state index is 0.218. The van der Waals surface area contributed by atoms with Crippen LogP contribution in [0, 0.1) is 0 Å². The van der Waals surface area contributed by atoms with Crippen LogP contribution in [0.4, 0.5) is 18.9 Å². The summed E-state index contributed by atoms with van der Waals surface area (Å²) in [6.07, 6.45) is -5.23. The van der Waals surface area contributed by atoms with Crippen molar-refractivity contribution in [3.05, 3.63) is 65.2 Å². The van der Waals surface area contributed by atoms with Gasteiger partial charge in [-0.25, -0.2) is 0 Å². The lowest BCUT2D eigenvalue weighted by atomic mass is 10.0. The Morgan fingerprint density at radius 2 is 1.77 bits per heavy atom. The van der Waals surface area contributed by atoms with E-state index in [4.69, 9.17) is 11.6 Å². The minimum Gasteiger partial charge on any atom is -0.374 e. The van der Waals surface area contributed by atoms with E-state index in [2.05, 4.69) is 5.32 Å². The smallest absolute Gasteiger partial charge is 0.374 e. The van der Waals surface area contributed by atoms with Gasteiger partial charge in [-0.1, -0.05) is 48.0 Å². The van der Waals surface area contributed by atoms with Gasteiger partial charge < -0.3 is 5.32 Å². The molecule has 0 spiro atoms. The molecule has 0 radical (unpaired) electrons. The molecule has 0 bridgehead atoms. The quantitative estimate of drug-likeness (QED) is 0.787. The summed E-state index contributed by atoms with van der Waals surface area (Å²) >= 11 is 5.76. The zero-order chi connectivity index (χ0) is 16.2. The van der Waals surface area contributed by atoms with E-state index < -0.39 is 24.4 Å². The van der Waals surface area contributed by atoms with Crippen LogP contribution in [-0.4, -0.2) is 18.0 Å². The van der Waals surface area contributed by atoms with Crippen molar-refractivity contribution < 1.29 is 18.0 Å². The van der Waals surface area contributed by atoms with Crippen molar-refractivity contribution in [2.45, 2.75) is 18.6 Å². The predicted molar refractivity (Wildman–Crippen MR) is 80.3 cm³/mol. The predicted octanol–water partition coefficient (Wildman–Crippen LogP) is 4.96. The summed E-state index contributed by atoms with van der Waals surface area (Å²) in [5.41, 5.74) is 0.473. The molecular weight excluding hydrogens is 315 g/mol. The number of nitrogens with one attached hydrogen (secondary N) is 1. The summed E-state index contributed by atoms with van der Waals surface area (Å²) < 4.78 is 39.4. The van der Waals surface area contributed by atoms with E-state index in [9.17, 15) is 18.0 Å². The Morgan fingerprint density at radius 1 is 1.09 bits per heavy atom. The van der Waals surface area contributed by atoms with Crippen molar-refractivity contribution in [2.24, 2.45) is 0 Å². The minimum atomic E-state index is -4.55. The van der Waals surface area contributed by atoms with E-state index in [-0.39, 0.29) is 11.3 Å². The number of carbonyl (C=O) groups is 1. The van der Waals surface area contributed by atoms with Crippen molar-refractivity contribution in [3.63, 3.8) is 0 Å². The third-order valence-corrected chi connectivity index (χ3v) is 3.28. The van der Waals surface area contributed by atoms with E-state index in [1.807, 2.05) is 0 Å². The molecule has 2 rings (SSSR count). The third-order valence-electron chi connectivity index (χ3n) is 3.05. The molecule has 0 saturated heterocycles. The fourth-order valence-corrected chi connectivity index (χ4v) is 2.15. The van der Waals surface area contributed by atoms with Crippen LogP contribution in [0.2, 0.25) is 5.02 Å². The highest BCUT2D eigenvalue weighted by Gasteiger charge is 2.41. The highest BCUT2D eigenvalue weighted by atomic mass is 35.5. The number of hydrogen-bond donors (Lipinski definition) is 1. The zero-order valence-corrected chi connectivity index (χ0v) is 12.2. The second-order valence-corrected chi connectivity index (χ2v) is 5.18. The molecule has 0 aromatic heterocycles. The summed E-state index contributed by atoms with van der Waals surface area (Å²) in [7, 11) is 0. The average Bonchev–Trinajstić information content (AvgIpc) is 2.46. The molecule has 1 atom stereocenters.